The third-order valence-electron chi connectivity index (χ3n) is 12.4. The summed E-state index contributed by atoms with van der Waals surface area (Å²) in [4.78, 5) is 29.0. The first kappa shape index (κ1) is 37.6. The van der Waals surface area contributed by atoms with E-state index >= 15 is 0 Å². The Kier molecular flexibility index (Phi) is 9.32. The van der Waals surface area contributed by atoms with Gasteiger partial charge in [-0.3, -0.25) is 0 Å². The number of hydrogen-bond acceptors (Lipinski definition) is 4. The Bertz CT molecular complexity index is 3150. The molecule has 1 aliphatic rings. The van der Waals surface area contributed by atoms with Crippen LogP contribution in [0.2, 0.25) is 0 Å². The number of fused-ring (bicyclic) bond motifs is 5. The number of benzene rings is 10. The van der Waals surface area contributed by atoms with Crippen LogP contribution in [0.3, 0.4) is 0 Å². The summed E-state index contributed by atoms with van der Waals surface area (Å²) in [5, 5.41) is 3.55. The van der Waals surface area contributed by atoms with Crippen LogP contribution in [-0.4, -0.2) is 11.9 Å². The molecule has 0 radical (unpaired) electrons. The van der Waals surface area contributed by atoms with Gasteiger partial charge in [-0.15, -0.1) is 0 Å². The van der Waals surface area contributed by atoms with Gasteiger partial charge < -0.3 is 9.47 Å². The normalized spacial score (nSPS) is 12.4. The maximum Gasteiger partial charge on any atom is 0.344 e. The zero-order valence-electron chi connectivity index (χ0n) is 34.1. The molecule has 0 atom stereocenters. The number of rotatable bonds is 8. The largest absolute Gasteiger partial charge is 0.422 e. The van der Waals surface area contributed by atoms with Crippen molar-refractivity contribution < 1.29 is 19.1 Å². The van der Waals surface area contributed by atoms with Gasteiger partial charge in [0.25, 0.3) is 0 Å². The van der Waals surface area contributed by atoms with Gasteiger partial charge in [-0.1, -0.05) is 206 Å². The van der Waals surface area contributed by atoms with Crippen LogP contribution in [0.15, 0.2) is 231 Å². The van der Waals surface area contributed by atoms with Crippen LogP contribution in [0.5, 0.6) is 11.5 Å². The van der Waals surface area contributed by atoms with Gasteiger partial charge in [0.15, 0.2) is 0 Å². The predicted molar refractivity (Wildman–Crippen MR) is 252 cm³/mol. The molecule has 11 rings (SSSR count). The molecule has 298 valence electrons. The highest BCUT2D eigenvalue weighted by Crippen LogP contribution is 2.61. The van der Waals surface area contributed by atoms with Crippen molar-refractivity contribution >= 4 is 33.5 Å². The second kappa shape index (κ2) is 15.6. The Balaban J connectivity index is 1.20. The van der Waals surface area contributed by atoms with Crippen molar-refractivity contribution in [3.8, 4) is 44.9 Å². The summed E-state index contributed by atoms with van der Waals surface area (Å²) in [6.07, 6.45) is 0. The summed E-state index contributed by atoms with van der Waals surface area (Å²) in [5.74, 6) is -0.0419. The first-order chi connectivity index (χ1) is 31.1. The molecule has 0 aliphatic heterocycles. The van der Waals surface area contributed by atoms with Crippen molar-refractivity contribution in [2.75, 3.05) is 0 Å². The molecule has 63 heavy (non-hydrogen) atoms. The summed E-state index contributed by atoms with van der Waals surface area (Å²) < 4.78 is 13.2. The van der Waals surface area contributed by atoms with Gasteiger partial charge in [0.1, 0.15) is 11.5 Å². The lowest BCUT2D eigenvalue weighted by atomic mass is 9.64. The predicted octanol–water partition coefficient (Wildman–Crippen LogP) is 14.1. The van der Waals surface area contributed by atoms with Crippen molar-refractivity contribution in [1.82, 2.24) is 0 Å². The van der Waals surface area contributed by atoms with Crippen LogP contribution in [0.1, 0.15) is 43.0 Å². The quantitative estimate of drug-likeness (QED) is 0.113. The van der Waals surface area contributed by atoms with Crippen molar-refractivity contribution in [3.63, 3.8) is 0 Å². The summed E-state index contributed by atoms with van der Waals surface area (Å²) in [7, 11) is 0. The van der Waals surface area contributed by atoms with E-state index in [-0.39, 0.29) is 0 Å². The fourth-order valence-corrected chi connectivity index (χ4v) is 9.74. The van der Waals surface area contributed by atoms with E-state index < -0.39 is 17.4 Å². The van der Waals surface area contributed by atoms with Gasteiger partial charge in [-0.25, -0.2) is 9.59 Å². The summed E-state index contributed by atoms with van der Waals surface area (Å²) >= 11 is 0. The minimum absolute atomic E-state index is 0.428. The molecule has 10 aromatic rings. The third-order valence-corrected chi connectivity index (χ3v) is 12.4. The highest BCUT2D eigenvalue weighted by molar-refractivity contribution is 6.07. The molecule has 10 aromatic carbocycles. The summed E-state index contributed by atoms with van der Waals surface area (Å²) in [6, 6.07) is 76.5. The first-order valence-corrected chi connectivity index (χ1v) is 21.1. The van der Waals surface area contributed by atoms with Crippen LogP contribution in [0.4, 0.5) is 0 Å². The standard InChI is InChI=1S/C59H38O4/c60-57(47-31-15-25-39-19-7-9-27-43(39)47)62-53-37-17-35-51(55(53)41-21-3-1-4-22-41)59(49-33-13-11-29-45(49)46-30-12-14-34-50(46)59)52-36-18-38-54(56(52)42-23-5-2-6-24-42)63-58(61)48-32-16-26-40-20-8-10-28-44(40)48/h1-38H. The van der Waals surface area contributed by atoms with Crippen LogP contribution in [0, 0.1) is 0 Å². The van der Waals surface area contributed by atoms with Crippen molar-refractivity contribution in [2.24, 2.45) is 0 Å². The maximum absolute atomic E-state index is 14.5. The number of esters is 2. The molecular formula is C59H38O4. The SMILES string of the molecule is O=C(Oc1cccc(C2(c3cccc(OC(=O)c4cccc5ccccc45)c3-c3ccccc3)c3ccccc3-c3ccccc32)c1-c1ccccc1)c1cccc2ccccc12. The van der Waals surface area contributed by atoms with Gasteiger partial charge in [-0.2, -0.15) is 0 Å². The fourth-order valence-electron chi connectivity index (χ4n) is 9.74. The molecule has 0 aromatic heterocycles. The maximum atomic E-state index is 14.5. The highest BCUT2D eigenvalue weighted by Gasteiger charge is 2.49. The zero-order chi connectivity index (χ0) is 42.3. The summed E-state index contributed by atoms with van der Waals surface area (Å²) in [6.45, 7) is 0. The molecule has 0 bridgehead atoms. The number of carbonyl (C=O) groups is 2. The highest BCUT2D eigenvalue weighted by atomic mass is 16.5. The minimum Gasteiger partial charge on any atom is -0.422 e. The van der Waals surface area contributed by atoms with E-state index in [2.05, 4.69) is 84.9 Å². The average molecular weight is 811 g/mol. The average Bonchev–Trinajstić information content (AvgIpc) is 3.65. The number of carbonyl (C=O) groups excluding carboxylic acids is 2. The van der Waals surface area contributed by atoms with Crippen LogP contribution >= 0.6 is 0 Å². The van der Waals surface area contributed by atoms with E-state index in [9.17, 15) is 9.59 Å². The van der Waals surface area contributed by atoms with Crippen LogP contribution < -0.4 is 9.47 Å². The van der Waals surface area contributed by atoms with Crippen LogP contribution in [0.25, 0.3) is 54.9 Å². The van der Waals surface area contributed by atoms with E-state index in [1.54, 1.807) is 0 Å². The molecule has 1 aliphatic carbocycles. The van der Waals surface area contributed by atoms with E-state index in [1.165, 1.54) is 0 Å². The Morgan fingerprint density at radius 2 is 0.667 bits per heavy atom. The monoisotopic (exact) mass is 810 g/mol. The van der Waals surface area contributed by atoms with Crippen LogP contribution in [-0.2, 0) is 5.41 Å². The van der Waals surface area contributed by atoms with E-state index in [4.69, 9.17) is 9.47 Å². The zero-order valence-corrected chi connectivity index (χ0v) is 34.1. The lowest BCUT2D eigenvalue weighted by Crippen LogP contribution is -2.30. The van der Waals surface area contributed by atoms with E-state index in [0.29, 0.717) is 22.6 Å². The molecule has 0 saturated heterocycles. The molecular weight excluding hydrogens is 773 g/mol. The molecule has 4 nitrogen and oxygen atoms in total. The van der Waals surface area contributed by atoms with Gasteiger partial charge in [-0.05, 0) is 90.3 Å². The number of hydrogen-bond donors (Lipinski definition) is 0. The van der Waals surface area contributed by atoms with Gasteiger partial charge in [0, 0.05) is 11.1 Å². The van der Waals surface area contributed by atoms with E-state index in [1.807, 2.05) is 146 Å². The molecule has 0 saturated carbocycles. The lowest BCUT2D eigenvalue weighted by molar-refractivity contribution is 0.0728. The third kappa shape index (κ3) is 6.23. The molecule has 4 heteroatoms. The first-order valence-electron chi connectivity index (χ1n) is 21.1. The lowest BCUT2D eigenvalue weighted by Gasteiger charge is -2.37. The van der Waals surface area contributed by atoms with E-state index in [0.717, 1.165) is 77.2 Å². The minimum atomic E-state index is -1.02. The Morgan fingerprint density at radius 3 is 1.13 bits per heavy atom. The fraction of sp³-hybridized carbons (Fsp3) is 0.0169. The Hall–Kier alpha value is -8.34. The smallest absolute Gasteiger partial charge is 0.344 e. The Morgan fingerprint density at radius 1 is 0.317 bits per heavy atom. The molecule has 0 amide bonds. The van der Waals surface area contributed by atoms with Crippen molar-refractivity contribution in [2.45, 2.75) is 5.41 Å². The van der Waals surface area contributed by atoms with Gasteiger partial charge >= 0.3 is 11.9 Å². The molecule has 0 fully saturated rings. The molecule has 0 spiro atoms. The van der Waals surface area contributed by atoms with Crippen molar-refractivity contribution in [1.29, 1.82) is 0 Å². The second-order valence-electron chi connectivity index (χ2n) is 15.8. The van der Waals surface area contributed by atoms with Crippen molar-refractivity contribution in [3.05, 3.63) is 264 Å². The van der Waals surface area contributed by atoms with Gasteiger partial charge in [0.05, 0.1) is 16.5 Å². The second-order valence-corrected chi connectivity index (χ2v) is 15.8. The topological polar surface area (TPSA) is 52.6 Å². The molecule has 0 N–H and O–H groups in total. The number of ether oxygens (including phenoxy) is 2. The Labute approximate surface area is 365 Å². The summed E-state index contributed by atoms with van der Waals surface area (Å²) in [5.41, 5.74) is 9.35. The molecule has 0 unspecified atom stereocenters. The van der Waals surface area contributed by atoms with Gasteiger partial charge in [0.2, 0.25) is 0 Å². The molecule has 0 heterocycles.